The van der Waals surface area contributed by atoms with Gasteiger partial charge in [-0.15, -0.1) is 24.0 Å². The maximum atomic E-state index is 4.70. The van der Waals surface area contributed by atoms with E-state index < -0.39 is 0 Å². The van der Waals surface area contributed by atoms with Crippen molar-refractivity contribution in [1.29, 1.82) is 0 Å². The molecule has 1 saturated heterocycles. The molecule has 1 aliphatic heterocycles. The van der Waals surface area contributed by atoms with Gasteiger partial charge in [0.05, 0.1) is 0 Å². The number of aliphatic imine (C=N–C) groups is 1. The van der Waals surface area contributed by atoms with Crippen LogP contribution in [0.15, 0.2) is 47.6 Å². The Balaban J connectivity index is 0.00000256. The number of guanidine groups is 1. The minimum absolute atomic E-state index is 0. The van der Waals surface area contributed by atoms with E-state index in [9.17, 15) is 0 Å². The van der Waals surface area contributed by atoms with Gasteiger partial charge in [0.2, 0.25) is 0 Å². The van der Waals surface area contributed by atoms with Crippen molar-refractivity contribution in [1.82, 2.24) is 15.6 Å². The van der Waals surface area contributed by atoms with Gasteiger partial charge in [-0.1, -0.05) is 30.3 Å². The van der Waals surface area contributed by atoms with E-state index in [0.29, 0.717) is 18.0 Å². The van der Waals surface area contributed by atoms with Gasteiger partial charge >= 0.3 is 0 Å². The fourth-order valence-corrected chi connectivity index (χ4v) is 4.26. The summed E-state index contributed by atoms with van der Waals surface area (Å²) in [5.74, 6) is 2.67. The van der Waals surface area contributed by atoms with Crippen LogP contribution in [-0.2, 0) is 0 Å². The Morgan fingerprint density at radius 2 is 1.87 bits per heavy atom. The van der Waals surface area contributed by atoms with Crippen molar-refractivity contribution in [2.45, 2.75) is 58.0 Å². The number of piperidine rings is 1. The van der Waals surface area contributed by atoms with Gasteiger partial charge in [0, 0.05) is 43.8 Å². The molecular weight excluding hydrogens is 485 g/mol. The molecule has 0 radical (unpaired) electrons. The first-order chi connectivity index (χ1) is 14.1. The third-order valence-electron chi connectivity index (χ3n) is 6.07. The predicted octanol–water partition coefficient (Wildman–Crippen LogP) is 4.40. The molecule has 6 heteroatoms. The molecule has 30 heavy (non-hydrogen) atoms. The van der Waals surface area contributed by atoms with Gasteiger partial charge in [-0.05, 0) is 62.8 Å². The lowest BCUT2D eigenvalue weighted by atomic mass is 10.0. The molecule has 0 spiro atoms. The maximum absolute atomic E-state index is 4.70. The second kappa shape index (κ2) is 10.5. The van der Waals surface area contributed by atoms with Crippen molar-refractivity contribution < 1.29 is 0 Å². The third-order valence-corrected chi connectivity index (χ3v) is 6.07. The number of aryl methyl sites for hydroxylation is 2. The summed E-state index contributed by atoms with van der Waals surface area (Å²) in [6.07, 6.45) is 5.35. The molecule has 1 aromatic heterocycles. The summed E-state index contributed by atoms with van der Waals surface area (Å²) in [4.78, 5) is 11.7. The van der Waals surface area contributed by atoms with E-state index in [2.05, 4.69) is 77.7 Å². The van der Waals surface area contributed by atoms with Crippen molar-refractivity contribution in [3.8, 4) is 0 Å². The van der Waals surface area contributed by atoms with Crippen LogP contribution in [-0.4, -0.2) is 42.7 Å². The van der Waals surface area contributed by atoms with Crippen molar-refractivity contribution in [2.24, 2.45) is 4.99 Å². The van der Waals surface area contributed by atoms with Gasteiger partial charge in [-0.3, -0.25) is 4.99 Å². The van der Waals surface area contributed by atoms with Crippen molar-refractivity contribution in [3.05, 3.63) is 59.3 Å². The summed E-state index contributed by atoms with van der Waals surface area (Å²) in [6.45, 7) is 9.24. The number of pyridine rings is 1. The number of hydrogen-bond acceptors (Lipinski definition) is 3. The molecule has 0 amide bonds. The molecule has 162 valence electrons. The Bertz CT molecular complexity index is 843. The Morgan fingerprint density at radius 1 is 1.10 bits per heavy atom. The predicted molar refractivity (Wildman–Crippen MR) is 136 cm³/mol. The zero-order valence-electron chi connectivity index (χ0n) is 18.3. The van der Waals surface area contributed by atoms with Gasteiger partial charge in [0.25, 0.3) is 0 Å². The first kappa shape index (κ1) is 22.8. The summed E-state index contributed by atoms with van der Waals surface area (Å²) in [5.41, 5.74) is 4.07. The summed E-state index contributed by atoms with van der Waals surface area (Å²) in [6, 6.07) is 14.0. The Hall–Kier alpha value is -1.83. The van der Waals surface area contributed by atoms with Crippen LogP contribution < -0.4 is 15.5 Å². The van der Waals surface area contributed by atoms with Crippen LogP contribution >= 0.6 is 24.0 Å². The average Bonchev–Trinajstić information content (AvgIpc) is 3.48. The Morgan fingerprint density at radius 3 is 2.53 bits per heavy atom. The molecule has 2 aliphatic rings. The SMILES string of the molecule is CCN=C(NC1CCN(c2ccc(C)cn2)CC1)NC1CC1c1ccccc1C.I. The van der Waals surface area contributed by atoms with E-state index in [1.807, 2.05) is 6.20 Å². The topological polar surface area (TPSA) is 52.6 Å². The molecule has 0 bridgehead atoms. The van der Waals surface area contributed by atoms with E-state index in [0.717, 1.165) is 44.3 Å². The molecule has 5 nitrogen and oxygen atoms in total. The number of nitrogens with one attached hydrogen (secondary N) is 2. The fourth-order valence-electron chi connectivity index (χ4n) is 4.26. The molecule has 2 N–H and O–H groups in total. The summed E-state index contributed by atoms with van der Waals surface area (Å²) < 4.78 is 0. The van der Waals surface area contributed by atoms with Gasteiger partial charge in [0.1, 0.15) is 5.82 Å². The number of rotatable bonds is 5. The highest BCUT2D eigenvalue weighted by Crippen LogP contribution is 2.42. The number of benzene rings is 1. The number of anilines is 1. The molecule has 1 aromatic carbocycles. The van der Waals surface area contributed by atoms with Gasteiger partial charge in [-0.2, -0.15) is 0 Å². The van der Waals surface area contributed by atoms with Crippen LogP contribution in [0.25, 0.3) is 0 Å². The highest BCUT2D eigenvalue weighted by molar-refractivity contribution is 14.0. The van der Waals surface area contributed by atoms with Gasteiger partial charge in [-0.25, -0.2) is 4.98 Å². The smallest absolute Gasteiger partial charge is 0.191 e. The molecule has 2 fully saturated rings. The molecule has 2 heterocycles. The molecule has 1 saturated carbocycles. The van der Waals surface area contributed by atoms with E-state index in [-0.39, 0.29) is 24.0 Å². The molecule has 4 rings (SSSR count). The summed E-state index contributed by atoms with van der Waals surface area (Å²) in [7, 11) is 0. The fraction of sp³-hybridized carbons (Fsp3) is 0.500. The highest BCUT2D eigenvalue weighted by Gasteiger charge is 2.40. The standard InChI is InChI=1S/C24H33N5.HI/c1-4-25-24(28-22-15-21(22)20-8-6-5-7-18(20)3)27-19-11-13-29(14-12-19)23-10-9-17(2)16-26-23;/h5-10,16,19,21-22H,4,11-15H2,1-3H3,(H2,25,27,28);1H. The Labute approximate surface area is 197 Å². The van der Waals surface area contributed by atoms with Crippen molar-refractivity contribution in [2.75, 3.05) is 24.5 Å². The van der Waals surface area contributed by atoms with Crippen LogP contribution in [0, 0.1) is 13.8 Å². The van der Waals surface area contributed by atoms with Crippen LogP contribution in [0.5, 0.6) is 0 Å². The summed E-state index contributed by atoms with van der Waals surface area (Å²) >= 11 is 0. The van der Waals surface area contributed by atoms with E-state index >= 15 is 0 Å². The zero-order valence-corrected chi connectivity index (χ0v) is 20.6. The van der Waals surface area contributed by atoms with Crippen LogP contribution in [0.2, 0.25) is 0 Å². The Kier molecular flexibility index (Phi) is 7.97. The maximum Gasteiger partial charge on any atom is 0.191 e. The number of aromatic nitrogens is 1. The average molecular weight is 519 g/mol. The number of hydrogen-bond donors (Lipinski definition) is 2. The van der Waals surface area contributed by atoms with Crippen LogP contribution in [0.3, 0.4) is 0 Å². The van der Waals surface area contributed by atoms with Gasteiger partial charge < -0.3 is 15.5 Å². The third kappa shape index (κ3) is 5.65. The second-order valence-electron chi connectivity index (χ2n) is 8.37. The highest BCUT2D eigenvalue weighted by atomic mass is 127. The van der Waals surface area contributed by atoms with Crippen molar-refractivity contribution in [3.63, 3.8) is 0 Å². The molecule has 1 aliphatic carbocycles. The first-order valence-electron chi connectivity index (χ1n) is 10.9. The molecule has 2 atom stereocenters. The number of halogens is 1. The normalized spacial score (nSPS) is 21.7. The van der Waals surface area contributed by atoms with Crippen LogP contribution in [0.1, 0.15) is 48.8 Å². The first-order valence-corrected chi connectivity index (χ1v) is 10.9. The van der Waals surface area contributed by atoms with E-state index in [1.54, 1.807) is 0 Å². The second-order valence-corrected chi connectivity index (χ2v) is 8.37. The molecule has 2 aromatic rings. The van der Waals surface area contributed by atoms with Crippen LogP contribution in [0.4, 0.5) is 5.82 Å². The summed E-state index contributed by atoms with van der Waals surface area (Å²) in [5, 5.41) is 7.36. The minimum atomic E-state index is 0. The lowest BCUT2D eigenvalue weighted by Crippen LogP contribution is -2.49. The zero-order chi connectivity index (χ0) is 20.2. The minimum Gasteiger partial charge on any atom is -0.356 e. The molecular formula is C24H34IN5. The largest absolute Gasteiger partial charge is 0.356 e. The van der Waals surface area contributed by atoms with Gasteiger partial charge in [0.15, 0.2) is 5.96 Å². The molecule has 2 unspecified atom stereocenters. The lowest BCUT2D eigenvalue weighted by molar-refractivity contribution is 0.459. The quantitative estimate of drug-likeness (QED) is 0.350. The lowest BCUT2D eigenvalue weighted by Gasteiger charge is -2.34. The number of nitrogens with zero attached hydrogens (tertiary/aromatic N) is 3. The van der Waals surface area contributed by atoms with Crippen molar-refractivity contribution >= 4 is 35.8 Å². The monoisotopic (exact) mass is 519 g/mol. The van der Waals surface area contributed by atoms with E-state index in [1.165, 1.54) is 23.1 Å². The van der Waals surface area contributed by atoms with E-state index in [4.69, 9.17) is 4.99 Å².